The van der Waals surface area contributed by atoms with E-state index in [2.05, 4.69) is 36.3 Å². The molecule has 2 heterocycles. The van der Waals surface area contributed by atoms with Crippen LogP contribution in [0.15, 0.2) is 46.2 Å². The largest absolute Gasteiger partial charge is 0.402 e. The maximum absolute atomic E-state index is 12.2. The van der Waals surface area contributed by atoms with Crippen LogP contribution >= 0.6 is 11.3 Å². The summed E-state index contributed by atoms with van der Waals surface area (Å²) in [5, 5.41) is 12.3. The Hall–Kier alpha value is -2.47. The van der Waals surface area contributed by atoms with E-state index in [-0.39, 0.29) is 17.3 Å². The zero-order chi connectivity index (χ0) is 16.4. The van der Waals surface area contributed by atoms with Crippen molar-refractivity contribution < 1.29 is 9.21 Å². The molecule has 3 aromatic rings. The molecule has 0 aliphatic heterocycles. The number of rotatable bonds is 3. The van der Waals surface area contributed by atoms with Gasteiger partial charge in [0.25, 0.3) is 11.8 Å². The lowest BCUT2D eigenvalue weighted by atomic mass is 9.87. The molecular weight excluding hydrogens is 310 g/mol. The van der Waals surface area contributed by atoms with Gasteiger partial charge in [-0.3, -0.25) is 10.1 Å². The molecule has 3 rings (SSSR count). The molecule has 23 heavy (non-hydrogen) atoms. The van der Waals surface area contributed by atoms with Crippen LogP contribution in [0.5, 0.6) is 0 Å². The van der Waals surface area contributed by atoms with Crippen LogP contribution in [0.25, 0.3) is 10.8 Å². The number of amides is 1. The number of carbonyl (C=O) groups is 1. The van der Waals surface area contributed by atoms with Gasteiger partial charge in [0, 0.05) is 5.56 Å². The van der Waals surface area contributed by atoms with E-state index >= 15 is 0 Å². The standard InChI is InChI=1S/C17H17N3O2S/c1-17(2,3)12-8-6-11(7-9-12)14(21)18-16-20-19-15(22-16)13-5-4-10-23-13/h4-10H,1-3H3,(H,18,20,21). The Morgan fingerprint density at radius 1 is 1.13 bits per heavy atom. The van der Waals surface area contributed by atoms with Gasteiger partial charge < -0.3 is 4.42 Å². The second-order valence-electron chi connectivity index (χ2n) is 6.17. The Bertz CT molecular complexity index is 799. The lowest BCUT2D eigenvalue weighted by Gasteiger charge is -2.18. The molecule has 0 radical (unpaired) electrons. The van der Waals surface area contributed by atoms with Crippen LogP contribution < -0.4 is 5.32 Å². The maximum atomic E-state index is 12.2. The highest BCUT2D eigenvalue weighted by molar-refractivity contribution is 7.13. The number of nitrogens with one attached hydrogen (secondary N) is 1. The Kier molecular flexibility index (Phi) is 4.00. The molecule has 1 amide bonds. The fourth-order valence-corrected chi connectivity index (χ4v) is 2.71. The van der Waals surface area contributed by atoms with Gasteiger partial charge in [-0.25, -0.2) is 0 Å². The normalized spacial score (nSPS) is 11.4. The van der Waals surface area contributed by atoms with E-state index in [9.17, 15) is 4.79 Å². The smallest absolute Gasteiger partial charge is 0.322 e. The molecule has 5 nitrogen and oxygen atoms in total. The van der Waals surface area contributed by atoms with Gasteiger partial charge in [0.05, 0.1) is 4.88 Å². The third kappa shape index (κ3) is 3.48. The van der Waals surface area contributed by atoms with E-state index in [1.54, 1.807) is 12.1 Å². The number of aromatic nitrogens is 2. The molecule has 0 spiro atoms. The van der Waals surface area contributed by atoms with E-state index in [4.69, 9.17) is 4.42 Å². The number of benzene rings is 1. The lowest BCUT2D eigenvalue weighted by molar-refractivity contribution is 0.102. The summed E-state index contributed by atoms with van der Waals surface area (Å²) in [5.41, 5.74) is 1.78. The zero-order valence-electron chi connectivity index (χ0n) is 13.2. The molecule has 2 aromatic heterocycles. The van der Waals surface area contributed by atoms with Crippen molar-refractivity contribution in [1.82, 2.24) is 10.2 Å². The minimum atomic E-state index is -0.271. The molecule has 0 unspecified atom stereocenters. The van der Waals surface area contributed by atoms with E-state index in [1.807, 2.05) is 29.6 Å². The summed E-state index contributed by atoms with van der Waals surface area (Å²) in [6.07, 6.45) is 0. The minimum Gasteiger partial charge on any atom is -0.402 e. The summed E-state index contributed by atoms with van der Waals surface area (Å²) in [7, 11) is 0. The first-order valence-corrected chi connectivity index (χ1v) is 8.11. The summed E-state index contributed by atoms with van der Waals surface area (Å²) in [6, 6.07) is 11.4. The number of carbonyl (C=O) groups excluding carboxylic acids is 1. The molecule has 0 aliphatic rings. The van der Waals surface area contributed by atoms with Crippen LogP contribution in [0.2, 0.25) is 0 Å². The van der Waals surface area contributed by atoms with E-state index in [1.165, 1.54) is 16.9 Å². The number of hydrogen-bond donors (Lipinski definition) is 1. The van der Waals surface area contributed by atoms with Gasteiger partial charge in [0.1, 0.15) is 0 Å². The van der Waals surface area contributed by atoms with Crippen LogP contribution in [-0.2, 0) is 5.41 Å². The van der Waals surface area contributed by atoms with Crippen molar-refractivity contribution in [1.29, 1.82) is 0 Å². The average Bonchev–Trinajstić information content (AvgIpc) is 3.17. The quantitative estimate of drug-likeness (QED) is 0.776. The monoisotopic (exact) mass is 327 g/mol. The SMILES string of the molecule is CC(C)(C)c1ccc(C(=O)Nc2nnc(-c3cccs3)o2)cc1. The predicted octanol–water partition coefficient (Wildman–Crippen LogP) is 4.35. The summed E-state index contributed by atoms with van der Waals surface area (Å²) < 4.78 is 5.45. The average molecular weight is 327 g/mol. The predicted molar refractivity (Wildman–Crippen MR) is 90.7 cm³/mol. The van der Waals surface area contributed by atoms with Gasteiger partial charge in [0.2, 0.25) is 0 Å². The number of nitrogens with zero attached hydrogens (tertiary/aromatic N) is 2. The highest BCUT2D eigenvalue weighted by Crippen LogP contribution is 2.25. The summed E-state index contributed by atoms with van der Waals surface area (Å²) >= 11 is 1.50. The third-order valence-corrected chi connectivity index (χ3v) is 4.25. The summed E-state index contributed by atoms with van der Waals surface area (Å²) in [5.74, 6) is 0.130. The third-order valence-electron chi connectivity index (χ3n) is 3.39. The van der Waals surface area contributed by atoms with Crippen molar-refractivity contribution in [3.05, 3.63) is 52.9 Å². The van der Waals surface area contributed by atoms with Gasteiger partial charge in [-0.1, -0.05) is 44.1 Å². The molecule has 0 aliphatic carbocycles. The molecule has 1 aromatic carbocycles. The molecule has 0 bridgehead atoms. The van der Waals surface area contributed by atoms with Gasteiger partial charge in [-0.05, 0) is 34.6 Å². The molecule has 1 N–H and O–H groups in total. The Morgan fingerprint density at radius 3 is 2.48 bits per heavy atom. The van der Waals surface area contributed by atoms with Crippen LogP contribution in [-0.4, -0.2) is 16.1 Å². The number of thiophene rings is 1. The lowest BCUT2D eigenvalue weighted by Crippen LogP contribution is -2.14. The van der Waals surface area contributed by atoms with Crippen molar-refractivity contribution in [2.24, 2.45) is 0 Å². The summed E-state index contributed by atoms with van der Waals surface area (Å²) in [4.78, 5) is 13.1. The van der Waals surface area contributed by atoms with Gasteiger partial charge in [-0.15, -0.1) is 16.4 Å². The van der Waals surface area contributed by atoms with Crippen molar-refractivity contribution >= 4 is 23.3 Å². The first kappa shape index (κ1) is 15.4. The molecule has 0 saturated carbocycles. The van der Waals surface area contributed by atoms with Crippen LogP contribution in [0.4, 0.5) is 6.01 Å². The van der Waals surface area contributed by atoms with E-state index < -0.39 is 0 Å². The first-order chi connectivity index (χ1) is 10.9. The second-order valence-corrected chi connectivity index (χ2v) is 7.12. The van der Waals surface area contributed by atoms with Crippen LogP contribution in [0.3, 0.4) is 0 Å². The van der Waals surface area contributed by atoms with E-state index in [0.29, 0.717) is 11.5 Å². The molecule has 0 atom stereocenters. The van der Waals surface area contributed by atoms with Gasteiger partial charge >= 0.3 is 6.01 Å². The number of hydrogen-bond acceptors (Lipinski definition) is 5. The van der Waals surface area contributed by atoms with Crippen molar-refractivity contribution in [3.8, 4) is 10.8 Å². The van der Waals surface area contributed by atoms with Crippen LogP contribution in [0, 0.1) is 0 Å². The Balaban J connectivity index is 1.72. The first-order valence-electron chi connectivity index (χ1n) is 7.23. The molecule has 6 heteroatoms. The molecule has 0 fully saturated rings. The topological polar surface area (TPSA) is 68.0 Å². The second kappa shape index (κ2) is 5.96. The number of anilines is 1. The van der Waals surface area contributed by atoms with Crippen molar-refractivity contribution in [3.63, 3.8) is 0 Å². The highest BCUT2D eigenvalue weighted by Gasteiger charge is 2.16. The Morgan fingerprint density at radius 2 is 1.87 bits per heavy atom. The highest BCUT2D eigenvalue weighted by atomic mass is 32.1. The van der Waals surface area contributed by atoms with E-state index in [0.717, 1.165) is 4.88 Å². The maximum Gasteiger partial charge on any atom is 0.322 e. The fourth-order valence-electron chi connectivity index (χ4n) is 2.06. The molecule has 0 saturated heterocycles. The van der Waals surface area contributed by atoms with Crippen LogP contribution in [0.1, 0.15) is 36.7 Å². The van der Waals surface area contributed by atoms with Gasteiger partial charge in [-0.2, -0.15) is 0 Å². The van der Waals surface area contributed by atoms with Gasteiger partial charge in [0.15, 0.2) is 0 Å². The molecular formula is C17H17N3O2S. The minimum absolute atomic E-state index is 0.0527. The fraction of sp³-hybridized carbons (Fsp3) is 0.235. The Labute approximate surface area is 138 Å². The molecule has 118 valence electrons. The zero-order valence-corrected chi connectivity index (χ0v) is 14.0. The summed E-state index contributed by atoms with van der Waals surface area (Å²) in [6.45, 7) is 6.39. The van der Waals surface area contributed by atoms with Crippen molar-refractivity contribution in [2.75, 3.05) is 5.32 Å². The van der Waals surface area contributed by atoms with Crippen molar-refractivity contribution in [2.45, 2.75) is 26.2 Å².